The van der Waals surface area contributed by atoms with E-state index in [-0.39, 0.29) is 11.7 Å². The molecule has 0 atom stereocenters. The van der Waals surface area contributed by atoms with Crippen molar-refractivity contribution in [2.75, 3.05) is 13.2 Å². The molecule has 22 heavy (non-hydrogen) atoms. The van der Waals surface area contributed by atoms with Crippen molar-refractivity contribution in [1.82, 2.24) is 4.98 Å². The van der Waals surface area contributed by atoms with E-state index in [1.165, 1.54) is 0 Å². The molecule has 1 saturated heterocycles. The van der Waals surface area contributed by atoms with Gasteiger partial charge in [0.05, 0.1) is 24.5 Å². The van der Waals surface area contributed by atoms with Gasteiger partial charge in [-0.25, -0.2) is 0 Å². The number of hydrogen-bond acceptors (Lipinski definition) is 3. The van der Waals surface area contributed by atoms with E-state index in [1.54, 1.807) is 0 Å². The molecule has 1 aromatic carbocycles. The summed E-state index contributed by atoms with van der Waals surface area (Å²) in [5.41, 5.74) is 2.55. The molecule has 0 radical (unpaired) electrons. The van der Waals surface area contributed by atoms with Crippen LogP contribution in [0.4, 0.5) is 0 Å². The molecule has 4 nitrogen and oxygen atoms in total. The summed E-state index contributed by atoms with van der Waals surface area (Å²) in [7, 11) is 0. The number of H-pyrrole nitrogens is 1. The minimum atomic E-state index is -0.263. The molecule has 2 heterocycles. The van der Waals surface area contributed by atoms with Gasteiger partial charge in [0, 0.05) is 22.7 Å². The van der Waals surface area contributed by atoms with Gasteiger partial charge in [-0.2, -0.15) is 5.26 Å². The number of ether oxygens (including phenoxy) is 2. The standard InChI is InChI=1S/C18H20N2O2/c1-18(2)11-21-17(22-12-18)8-7-14(10-19)16-9-13-5-3-4-6-15(13)20-16/h3-7,9,17,20H,8,11-12H2,1-2H3/b14-7+. The second-order valence-corrected chi connectivity index (χ2v) is 6.45. The first-order chi connectivity index (χ1) is 10.6. The predicted octanol–water partition coefficient (Wildman–Crippen LogP) is 3.86. The molecule has 1 aromatic heterocycles. The van der Waals surface area contributed by atoms with E-state index in [4.69, 9.17) is 9.47 Å². The Balaban J connectivity index is 1.72. The SMILES string of the molecule is CC1(C)COC(C/C=C(\C#N)c2cc3ccccc3[nH]2)OC1. The molecule has 1 aliphatic heterocycles. The van der Waals surface area contributed by atoms with E-state index < -0.39 is 0 Å². The van der Waals surface area contributed by atoms with Crippen LogP contribution in [0.1, 0.15) is 26.0 Å². The molecule has 0 spiro atoms. The molecule has 0 aliphatic carbocycles. The molecule has 1 aliphatic rings. The molecular weight excluding hydrogens is 276 g/mol. The Kier molecular flexibility index (Phi) is 4.02. The van der Waals surface area contributed by atoms with Crippen LogP contribution in [-0.4, -0.2) is 24.5 Å². The summed E-state index contributed by atoms with van der Waals surface area (Å²) in [6, 6.07) is 12.2. The number of nitriles is 1. The van der Waals surface area contributed by atoms with Crippen molar-refractivity contribution in [3.8, 4) is 6.07 Å². The predicted molar refractivity (Wildman–Crippen MR) is 86.0 cm³/mol. The molecule has 4 heteroatoms. The number of hydrogen-bond donors (Lipinski definition) is 1. The lowest BCUT2D eigenvalue weighted by Gasteiger charge is -2.34. The maximum atomic E-state index is 9.40. The number of aromatic nitrogens is 1. The summed E-state index contributed by atoms with van der Waals surface area (Å²) in [5, 5.41) is 10.5. The van der Waals surface area contributed by atoms with Gasteiger partial charge in [0.15, 0.2) is 6.29 Å². The van der Waals surface area contributed by atoms with Gasteiger partial charge in [0.25, 0.3) is 0 Å². The molecule has 0 bridgehead atoms. The smallest absolute Gasteiger partial charge is 0.161 e. The Hall–Kier alpha value is -2.09. The van der Waals surface area contributed by atoms with Crippen molar-refractivity contribution >= 4 is 16.5 Å². The average Bonchev–Trinajstić information content (AvgIpc) is 2.93. The van der Waals surface area contributed by atoms with Crippen LogP contribution >= 0.6 is 0 Å². The Labute approximate surface area is 130 Å². The Morgan fingerprint density at radius 1 is 1.36 bits per heavy atom. The number of rotatable bonds is 3. The highest BCUT2D eigenvalue weighted by atomic mass is 16.7. The number of allylic oxidation sites excluding steroid dienone is 1. The molecule has 0 amide bonds. The van der Waals surface area contributed by atoms with E-state index in [0.717, 1.165) is 16.6 Å². The van der Waals surface area contributed by atoms with Crippen LogP contribution in [0.3, 0.4) is 0 Å². The highest BCUT2D eigenvalue weighted by Crippen LogP contribution is 2.26. The molecule has 1 fully saturated rings. The number of benzene rings is 1. The van der Waals surface area contributed by atoms with Gasteiger partial charge in [-0.15, -0.1) is 0 Å². The average molecular weight is 296 g/mol. The molecular formula is C18H20N2O2. The van der Waals surface area contributed by atoms with Crippen molar-refractivity contribution in [2.45, 2.75) is 26.6 Å². The monoisotopic (exact) mass is 296 g/mol. The molecule has 114 valence electrons. The second-order valence-electron chi connectivity index (χ2n) is 6.45. The number of para-hydroxylation sites is 1. The summed E-state index contributed by atoms with van der Waals surface area (Å²) in [5.74, 6) is 0. The lowest BCUT2D eigenvalue weighted by Crippen LogP contribution is -2.37. The highest BCUT2D eigenvalue weighted by molar-refractivity contribution is 5.87. The van der Waals surface area contributed by atoms with Crippen LogP contribution < -0.4 is 0 Å². The first-order valence-electron chi connectivity index (χ1n) is 7.49. The molecule has 2 aromatic rings. The van der Waals surface area contributed by atoms with E-state index in [9.17, 15) is 5.26 Å². The summed E-state index contributed by atoms with van der Waals surface area (Å²) in [4.78, 5) is 3.27. The zero-order chi connectivity index (χ0) is 15.6. The third-order valence-corrected chi connectivity index (χ3v) is 3.77. The van der Waals surface area contributed by atoms with Gasteiger partial charge in [0.1, 0.15) is 6.07 Å². The number of nitrogens with zero attached hydrogens (tertiary/aromatic N) is 1. The van der Waals surface area contributed by atoms with Gasteiger partial charge >= 0.3 is 0 Å². The quantitative estimate of drug-likeness (QED) is 0.875. The zero-order valence-electron chi connectivity index (χ0n) is 12.9. The zero-order valence-corrected chi connectivity index (χ0v) is 12.9. The molecule has 3 rings (SSSR count). The van der Waals surface area contributed by atoms with Crippen LogP contribution in [0, 0.1) is 16.7 Å². The normalized spacial score (nSPS) is 19.2. The first kappa shape index (κ1) is 14.8. The molecule has 1 N–H and O–H groups in total. The maximum absolute atomic E-state index is 9.40. The third kappa shape index (κ3) is 3.22. The number of nitrogens with one attached hydrogen (secondary N) is 1. The summed E-state index contributed by atoms with van der Waals surface area (Å²) in [6.45, 7) is 5.59. The van der Waals surface area contributed by atoms with E-state index >= 15 is 0 Å². The van der Waals surface area contributed by atoms with Crippen LogP contribution in [0.2, 0.25) is 0 Å². The second kappa shape index (κ2) is 5.96. The lowest BCUT2D eigenvalue weighted by molar-refractivity contribution is -0.219. The van der Waals surface area contributed by atoms with Crippen LogP contribution in [0.5, 0.6) is 0 Å². The number of aromatic amines is 1. The van der Waals surface area contributed by atoms with Crippen molar-refractivity contribution < 1.29 is 9.47 Å². The van der Waals surface area contributed by atoms with Crippen LogP contribution in [0.25, 0.3) is 16.5 Å². The van der Waals surface area contributed by atoms with Gasteiger partial charge in [-0.05, 0) is 12.1 Å². The summed E-state index contributed by atoms with van der Waals surface area (Å²) in [6.07, 6.45) is 2.20. The third-order valence-electron chi connectivity index (χ3n) is 3.77. The van der Waals surface area contributed by atoms with Crippen molar-refractivity contribution in [2.24, 2.45) is 5.41 Å². The van der Waals surface area contributed by atoms with Gasteiger partial charge in [-0.3, -0.25) is 0 Å². The minimum Gasteiger partial charge on any atom is -0.354 e. The van der Waals surface area contributed by atoms with Crippen LogP contribution in [-0.2, 0) is 9.47 Å². The molecule has 0 unspecified atom stereocenters. The lowest BCUT2D eigenvalue weighted by atomic mass is 9.95. The largest absolute Gasteiger partial charge is 0.354 e. The summed E-state index contributed by atoms with van der Waals surface area (Å²) >= 11 is 0. The number of fused-ring (bicyclic) bond motifs is 1. The first-order valence-corrected chi connectivity index (χ1v) is 7.49. The Morgan fingerprint density at radius 3 is 2.77 bits per heavy atom. The maximum Gasteiger partial charge on any atom is 0.161 e. The van der Waals surface area contributed by atoms with Gasteiger partial charge in [0.2, 0.25) is 0 Å². The van der Waals surface area contributed by atoms with Gasteiger partial charge < -0.3 is 14.5 Å². The van der Waals surface area contributed by atoms with Crippen LogP contribution in [0.15, 0.2) is 36.4 Å². The van der Waals surface area contributed by atoms with E-state index in [2.05, 4.69) is 24.9 Å². The topological polar surface area (TPSA) is 58.0 Å². The fraction of sp³-hybridized carbons (Fsp3) is 0.389. The van der Waals surface area contributed by atoms with E-state index in [0.29, 0.717) is 25.2 Å². The Bertz CT molecular complexity index is 694. The summed E-state index contributed by atoms with van der Waals surface area (Å²) < 4.78 is 11.4. The van der Waals surface area contributed by atoms with Gasteiger partial charge in [-0.1, -0.05) is 38.1 Å². The minimum absolute atomic E-state index is 0.0649. The van der Waals surface area contributed by atoms with Crippen molar-refractivity contribution in [3.05, 3.63) is 42.1 Å². The fourth-order valence-corrected chi connectivity index (χ4v) is 2.51. The molecule has 0 saturated carbocycles. The van der Waals surface area contributed by atoms with Crippen molar-refractivity contribution in [3.63, 3.8) is 0 Å². The fourth-order valence-electron chi connectivity index (χ4n) is 2.51. The van der Waals surface area contributed by atoms with Crippen molar-refractivity contribution in [1.29, 1.82) is 5.26 Å². The highest BCUT2D eigenvalue weighted by Gasteiger charge is 2.27. The van der Waals surface area contributed by atoms with E-state index in [1.807, 2.05) is 36.4 Å². The Morgan fingerprint density at radius 2 is 2.09 bits per heavy atom.